The molecule has 0 amide bonds. The van der Waals surface area contributed by atoms with Crippen LogP contribution in [-0.4, -0.2) is 18.5 Å². The Morgan fingerprint density at radius 1 is 1.29 bits per heavy atom. The maximum Gasteiger partial charge on any atom is 0.122 e. The molecule has 0 unspecified atom stereocenters. The Morgan fingerprint density at radius 3 is 2.79 bits per heavy atom. The fourth-order valence-electron chi connectivity index (χ4n) is 1.16. The third kappa shape index (κ3) is 3.20. The molecule has 0 saturated heterocycles. The Kier molecular flexibility index (Phi) is 4.75. The van der Waals surface area contributed by atoms with Gasteiger partial charge in [-0.3, -0.25) is 5.26 Å². The van der Waals surface area contributed by atoms with Crippen molar-refractivity contribution in [3.05, 3.63) is 42.5 Å². The van der Waals surface area contributed by atoms with Crippen molar-refractivity contribution in [3.63, 3.8) is 0 Å². The lowest BCUT2D eigenvalue weighted by atomic mass is 10.1. The molecule has 0 radical (unpaired) electrons. The molecule has 76 valence electrons. The van der Waals surface area contributed by atoms with Gasteiger partial charge in [-0.05, 0) is 18.1 Å². The van der Waals surface area contributed by atoms with E-state index in [1.54, 1.807) is 0 Å². The Bertz CT molecular complexity index is 284. The van der Waals surface area contributed by atoms with E-state index in [-0.39, 0.29) is 6.61 Å². The van der Waals surface area contributed by atoms with E-state index in [1.165, 1.54) is 0 Å². The number of allylic oxidation sites excluding steroid dienone is 1. The number of benzene rings is 1. The second-order valence-electron chi connectivity index (χ2n) is 2.78. The average molecular weight is 194 g/mol. The molecule has 3 heteroatoms. The fourth-order valence-corrected chi connectivity index (χ4v) is 1.16. The summed E-state index contributed by atoms with van der Waals surface area (Å²) in [5.74, 6) is 0.810. The molecule has 0 atom stereocenters. The van der Waals surface area contributed by atoms with Gasteiger partial charge in [0.15, 0.2) is 0 Å². The van der Waals surface area contributed by atoms with Crippen LogP contribution < -0.4 is 4.74 Å². The lowest BCUT2D eigenvalue weighted by molar-refractivity contribution is -0.245. The normalized spacial score (nSPS) is 9.79. The number of rotatable bonds is 6. The molecule has 1 N–H and O–H groups in total. The van der Waals surface area contributed by atoms with Crippen molar-refractivity contribution in [1.29, 1.82) is 0 Å². The van der Waals surface area contributed by atoms with E-state index in [0.717, 1.165) is 17.7 Å². The van der Waals surface area contributed by atoms with Crippen LogP contribution >= 0.6 is 0 Å². The molecule has 0 spiro atoms. The van der Waals surface area contributed by atoms with Gasteiger partial charge in [0, 0.05) is 0 Å². The van der Waals surface area contributed by atoms with Gasteiger partial charge in [0.1, 0.15) is 19.0 Å². The zero-order valence-corrected chi connectivity index (χ0v) is 7.98. The van der Waals surface area contributed by atoms with Gasteiger partial charge in [-0.2, -0.15) is 0 Å². The zero-order valence-electron chi connectivity index (χ0n) is 7.98. The molecule has 1 rings (SSSR count). The van der Waals surface area contributed by atoms with E-state index in [2.05, 4.69) is 11.5 Å². The highest BCUT2D eigenvalue weighted by Crippen LogP contribution is 2.18. The minimum absolute atomic E-state index is 0.169. The minimum Gasteiger partial charge on any atom is -0.491 e. The number of hydrogen-bond acceptors (Lipinski definition) is 3. The Labute approximate surface area is 83.5 Å². The van der Waals surface area contributed by atoms with Crippen molar-refractivity contribution in [2.45, 2.75) is 6.42 Å². The van der Waals surface area contributed by atoms with E-state index < -0.39 is 0 Å². The predicted molar refractivity (Wildman–Crippen MR) is 54.4 cm³/mol. The van der Waals surface area contributed by atoms with Gasteiger partial charge >= 0.3 is 0 Å². The van der Waals surface area contributed by atoms with Gasteiger partial charge in [-0.1, -0.05) is 24.3 Å². The highest BCUT2D eigenvalue weighted by atomic mass is 17.1. The Hall–Kier alpha value is -1.32. The molecule has 3 nitrogen and oxygen atoms in total. The van der Waals surface area contributed by atoms with Crippen LogP contribution in [0.25, 0.3) is 0 Å². The molecule has 0 aliphatic rings. The second kappa shape index (κ2) is 6.18. The van der Waals surface area contributed by atoms with Gasteiger partial charge < -0.3 is 4.74 Å². The number of para-hydroxylation sites is 1. The Balaban J connectivity index is 2.59. The molecule has 0 aliphatic carbocycles. The first-order chi connectivity index (χ1) is 6.88. The summed E-state index contributed by atoms with van der Waals surface area (Å²) in [5.41, 5.74) is 1.08. The van der Waals surface area contributed by atoms with Crippen LogP contribution in [0.1, 0.15) is 5.56 Å². The first-order valence-electron chi connectivity index (χ1n) is 4.46. The molecule has 0 aromatic heterocycles. The van der Waals surface area contributed by atoms with Crippen LogP contribution in [-0.2, 0) is 11.3 Å². The molecular formula is C11H14O3. The van der Waals surface area contributed by atoms with Crippen LogP contribution in [0.3, 0.4) is 0 Å². The van der Waals surface area contributed by atoms with Crippen LogP contribution in [0.4, 0.5) is 0 Å². The lowest BCUT2D eigenvalue weighted by Gasteiger charge is -2.08. The van der Waals surface area contributed by atoms with Crippen molar-refractivity contribution in [2.24, 2.45) is 0 Å². The summed E-state index contributed by atoms with van der Waals surface area (Å²) in [7, 11) is 0. The smallest absolute Gasteiger partial charge is 0.122 e. The van der Waals surface area contributed by atoms with Crippen molar-refractivity contribution in [1.82, 2.24) is 0 Å². The van der Waals surface area contributed by atoms with Crippen molar-refractivity contribution < 1.29 is 14.9 Å². The molecule has 0 saturated carbocycles. The highest BCUT2D eigenvalue weighted by Gasteiger charge is 2.00. The maximum atomic E-state index is 8.12. The van der Waals surface area contributed by atoms with Crippen LogP contribution in [0.5, 0.6) is 5.75 Å². The summed E-state index contributed by atoms with van der Waals surface area (Å²) < 4.78 is 5.40. The second-order valence-corrected chi connectivity index (χ2v) is 2.78. The van der Waals surface area contributed by atoms with Crippen LogP contribution in [0.15, 0.2) is 36.9 Å². The van der Waals surface area contributed by atoms with E-state index in [4.69, 9.17) is 9.99 Å². The summed E-state index contributed by atoms with van der Waals surface area (Å²) in [4.78, 5) is 3.92. The van der Waals surface area contributed by atoms with Crippen molar-refractivity contribution in [3.8, 4) is 5.75 Å². The van der Waals surface area contributed by atoms with E-state index in [9.17, 15) is 0 Å². The van der Waals surface area contributed by atoms with E-state index >= 15 is 0 Å². The van der Waals surface area contributed by atoms with E-state index in [1.807, 2.05) is 30.3 Å². The first-order valence-corrected chi connectivity index (χ1v) is 4.46. The van der Waals surface area contributed by atoms with E-state index in [0.29, 0.717) is 6.61 Å². The van der Waals surface area contributed by atoms with Crippen molar-refractivity contribution >= 4 is 0 Å². The zero-order chi connectivity index (χ0) is 10.2. The summed E-state index contributed by atoms with van der Waals surface area (Å²) in [5, 5.41) is 8.12. The average Bonchev–Trinajstić information content (AvgIpc) is 2.21. The monoisotopic (exact) mass is 194 g/mol. The third-order valence-electron chi connectivity index (χ3n) is 1.77. The summed E-state index contributed by atoms with van der Waals surface area (Å²) in [6, 6.07) is 7.73. The molecule has 1 aromatic rings. The quantitative estimate of drug-likeness (QED) is 0.327. The molecule has 0 bridgehead atoms. The molecule has 14 heavy (non-hydrogen) atoms. The lowest BCUT2D eigenvalue weighted by Crippen LogP contribution is -2.05. The Morgan fingerprint density at radius 2 is 2.07 bits per heavy atom. The predicted octanol–water partition coefficient (Wildman–Crippen LogP) is 2.28. The molecule has 0 fully saturated rings. The number of hydrogen-bond donors (Lipinski definition) is 1. The van der Waals surface area contributed by atoms with Crippen LogP contribution in [0.2, 0.25) is 0 Å². The highest BCUT2D eigenvalue weighted by molar-refractivity contribution is 5.34. The topological polar surface area (TPSA) is 38.7 Å². The summed E-state index contributed by atoms with van der Waals surface area (Å²) in [6.45, 7) is 4.18. The van der Waals surface area contributed by atoms with Gasteiger partial charge in [0.25, 0.3) is 0 Å². The fraction of sp³-hybridized carbons (Fsp3) is 0.273. The summed E-state index contributed by atoms with van der Waals surface area (Å²) in [6.07, 6.45) is 2.60. The molecule has 1 aromatic carbocycles. The van der Waals surface area contributed by atoms with Gasteiger partial charge in [-0.25, -0.2) is 4.89 Å². The molecular weight excluding hydrogens is 180 g/mol. The molecule has 0 heterocycles. The molecule has 0 aliphatic heterocycles. The van der Waals surface area contributed by atoms with Gasteiger partial charge in [0.2, 0.25) is 0 Å². The summed E-state index contributed by atoms with van der Waals surface area (Å²) >= 11 is 0. The standard InChI is InChI=1S/C11H14O3/c1-2-5-10-6-3-4-7-11(10)13-8-9-14-12/h2-4,6-7,12H,1,5,8-9H2. The third-order valence-corrected chi connectivity index (χ3v) is 1.77. The number of ether oxygens (including phenoxy) is 1. The first kappa shape index (κ1) is 10.8. The van der Waals surface area contributed by atoms with Gasteiger partial charge in [0.05, 0.1) is 0 Å². The largest absolute Gasteiger partial charge is 0.491 e. The van der Waals surface area contributed by atoms with Crippen molar-refractivity contribution in [2.75, 3.05) is 13.2 Å². The maximum absolute atomic E-state index is 8.12. The van der Waals surface area contributed by atoms with Crippen LogP contribution in [0, 0.1) is 0 Å². The minimum atomic E-state index is 0.169. The SMILES string of the molecule is C=CCc1ccccc1OCCOO. The van der Waals surface area contributed by atoms with Gasteiger partial charge in [-0.15, -0.1) is 6.58 Å².